The number of aromatic nitrogens is 2. The predicted octanol–water partition coefficient (Wildman–Crippen LogP) is 1.58. The number of thiocarbonyl (C=S) groups is 1. The summed E-state index contributed by atoms with van der Waals surface area (Å²) in [6.45, 7) is 2.12. The molecule has 0 saturated carbocycles. The molecule has 0 radical (unpaired) electrons. The molecule has 2 N–H and O–H groups in total. The topological polar surface area (TPSA) is 75.0 Å². The van der Waals surface area contributed by atoms with Crippen LogP contribution < -0.4 is 21.8 Å². The Labute approximate surface area is 160 Å². The summed E-state index contributed by atoms with van der Waals surface area (Å²) in [5, 5.41) is 0.900. The van der Waals surface area contributed by atoms with Crippen molar-refractivity contribution in [3.63, 3.8) is 0 Å². The average Bonchev–Trinajstić information content (AvgIpc) is 2.66. The summed E-state index contributed by atoms with van der Waals surface area (Å²) >= 11 is 4.88. The van der Waals surface area contributed by atoms with Crippen molar-refractivity contribution in [3.8, 4) is 0 Å². The third-order valence-electron chi connectivity index (χ3n) is 3.83. The smallest absolute Gasteiger partial charge is 0.272 e. The summed E-state index contributed by atoms with van der Waals surface area (Å²) in [6, 6.07) is 16.8. The molecule has 3 rings (SSSR count). The van der Waals surface area contributed by atoms with Crippen LogP contribution in [0.4, 0.5) is 0 Å². The molecule has 0 saturated heterocycles. The van der Waals surface area contributed by atoms with Crippen molar-refractivity contribution in [1.82, 2.24) is 9.97 Å². The van der Waals surface area contributed by atoms with E-state index >= 15 is 0 Å². The zero-order chi connectivity index (χ0) is 19.2. The second-order valence-electron chi connectivity index (χ2n) is 5.96. The summed E-state index contributed by atoms with van der Waals surface area (Å²) in [6.07, 6.45) is 3.26. The zero-order valence-electron chi connectivity index (χ0n) is 14.7. The zero-order valence-corrected chi connectivity index (χ0v) is 15.5. The molecule has 1 aromatic heterocycles. The molecule has 2 aromatic carbocycles. The van der Waals surface area contributed by atoms with Crippen molar-refractivity contribution in [2.45, 2.75) is 13.5 Å². The van der Waals surface area contributed by atoms with Crippen LogP contribution in [0, 0.1) is 0 Å². The lowest BCUT2D eigenvalue weighted by Gasteiger charge is -2.03. The minimum Gasteiger partial charge on any atom is -0.483 e. The van der Waals surface area contributed by atoms with E-state index in [0.29, 0.717) is 11.7 Å². The van der Waals surface area contributed by atoms with Gasteiger partial charge in [0.1, 0.15) is 17.3 Å². The highest BCUT2D eigenvalue weighted by Gasteiger charge is 1.98. The minimum absolute atomic E-state index is 0.198. The normalized spacial score (nSPS) is 12.2. The van der Waals surface area contributed by atoms with E-state index < -0.39 is 0 Å². The second-order valence-corrected chi connectivity index (χ2v) is 6.53. The largest absolute Gasteiger partial charge is 0.483 e. The van der Waals surface area contributed by atoms with Gasteiger partial charge in [-0.05, 0) is 41.1 Å². The Morgan fingerprint density at radius 1 is 0.889 bits per heavy atom. The quantitative estimate of drug-likeness (QED) is 0.676. The SMILES string of the molecule is CC(=S)OCc1ccc(/C=c2\[nH]c(=O)/c(=C/c3ccccc3)[nH]c2=O)cc1. The third kappa shape index (κ3) is 5.12. The van der Waals surface area contributed by atoms with Crippen molar-refractivity contribution in [1.29, 1.82) is 0 Å². The maximum absolute atomic E-state index is 12.3. The van der Waals surface area contributed by atoms with Gasteiger partial charge in [-0.3, -0.25) is 9.59 Å². The first-order valence-electron chi connectivity index (χ1n) is 8.35. The fourth-order valence-electron chi connectivity index (χ4n) is 2.47. The molecule has 0 unspecified atom stereocenters. The van der Waals surface area contributed by atoms with Crippen LogP contribution in [0.5, 0.6) is 0 Å². The van der Waals surface area contributed by atoms with Gasteiger partial charge in [-0.15, -0.1) is 0 Å². The monoisotopic (exact) mass is 378 g/mol. The molecule has 0 spiro atoms. The molecule has 136 valence electrons. The molecular weight excluding hydrogens is 360 g/mol. The molecule has 6 heteroatoms. The van der Waals surface area contributed by atoms with Crippen molar-refractivity contribution in [3.05, 3.63) is 103 Å². The van der Waals surface area contributed by atoms with Gasteiger partial charge >= 0.3 is 0 Å². The average molecular weight is 378 g/mol. The Morgan fingerprint density at radius 2 is 1.41 bits per heavy atom. The van der Waals surface area contributed by atoms with Crippen LogP contribution in [-0.4, -0.2) is 15.0 Å². The Hall–Kier alpha value is -3.25. The van der Waals surface area contributed by atoms with E-state index in [-0.39, 0.29) is 21.8 Å². The van der Waals surface area contributed by atoms with Gasteiger partial charge in [0.05, 0.1) is 0 Å². The first-order chi connectivity index (χ1) is 13.0. The van der Waals surface area contributed by atoms with Crippen molar-refractivity contribution in [2.24, 2.45) is 0 Å². The number of hydrogen-bond acceptors (Lipinski definition) is 4. The molecule has 0 atom stereocenters. The van der Waals surface area contributed by atoms with Crippen molar-refractivity contribution >= 4 is 29.4 Å². The highest BCUT2D eigenvalue weighted by atomic mass is 32.1. The van der Waals surface area contributed by atoms with Gasteiger partial charge in [0, 0.05) is 6.92 Å². The molecule has 0 amide bonds. The van der Waals surface area contributed by atoms with Crippen LogP contribution in [0.3, 0.4) is 0 Å². The van der Waals surface area contributed by atoms with Gasteiger partial charge in [-0.1, -0.05) is 54.6 Å². The van der Waals surface area contributed by atoms with Gasteiger partial charge in [0.15, 0.2) is 5.05 Å². The van der Waals surface area contributed by atoms with Crippen LogP contribution in [0.2, 0.25) is 0 Å². The third-order valence-corrected chi connectivity index (χ3v) is 3.95. The van der Waals surface area contributed by atoms with E-state index in [0.717, 1.165) is 16.7 Å². The fourth-order valence-corrected chi connectivity index (χ4v) is 2.53. The summed E-state index contributed by atoms with van der Waals surface area (Å²) in [5.41, 5.74) is 1.87. The Bertz CT molecular complexity index is 1180. The van der Waals surface area contributed by atoms with E-state index in [1.54, 1.807) is 19.1 Å². The summed E-state index contributed by atoms with van der Waals surface area (Å²) < 4.78 is 5.30. The Balaban J connectivity index is 1.92. The Morgan fingerprint density at radius 3 is 1.93 bits per heavy atom. The van der Waals surface area contributed by atoms with Gasteiger partial charge < -0.3 is 14.7 Å². The van der Waals surface area contributed by atoms with Crippen LogP contribution in [0.1, 0.15) is 23.6 Å². The molecule has 0 aliphatic rings. The van der Waals surface area contributed by atoms with Crippen molar-refractivity contribution in [2.75, 3.05) is 0 Å². The van der Waals surface area contributed by atoms with Crippen LogP contribution in [0.25, 0.3) is 12.2 Å². The van der Waals surface area contributed by atoms with Crippen molar-refractivity contribution < 1.29 is 4.74 Å². The fraction of sp³-hybridized carbons (Fsp3) is 0.0952. The Kier molecular flexibility index (Phi) is 5.78. The number of ether oxygens (including phenoxy) is 1. The molecular formula is C21H18N2O3S. The summed E-state index contributed by atoms with van der Waals surface area (Å²) in [4.78, 5) is 29.9. The number of aromatic amines is 2. The van der Waals surface area contributed by atoms with Gasteiger partial charge in [-0.2, -0.15) is 0 Å². The number of nitrogens with one attached hydrogen (secondary N) is 2. The molecule has 3 aromatic rings. The summed E-state index contributed by atoms with van der Waals surface area (Å²) in [5.74, 6) is 0. The van der Waals surface area contributed by atoms with Gasteiger partial charge in [0.25, 0.3) is 11.1 Å². The number of rotatable bonds is 4. The van der Waals surface area contributed by atoms with Crippen LogP contribution in [0.15, 0.2) is 64.2 Å². The standard InChI is InChI=1S/C21H18N2O3S/c1-14(27)26-13-17-9-7-16(8-10-17)12-19-21(25)22-18(20(24)23-19)11-15-5-3-2-4-6-15/h2-12H,13H2,1H3,(H,22,25)(H,23,24)/b18-11-,19-12-. The molecule has 0 fully saturated rings. The second kappa shape index (κ2) is 8.42. The first-order valence-corrected chi connectivity index (χ1v) is 8.75. The predicted molar refractivity (Wildman–Crippen MR) is 110 cm³/mol. The summed E-state index contributed by atoms with van der Waals surface area (Å²) in [7, 11) is 0. The van der Waals surface area contributed by atoms with E-state index in [4.69, 9.17) is 17.0 Å². The van der Waals surface area contributed by atoms with Crippen LogP contribution >= 0.6 is 12.2 Å². The van der Waals surface area contributed by atoms with Crippen LogP contribution in [-0.2, 0) is 11.3 Å². The lowest BCUT2D eigenvalue weighted by atomic mass is 10.1. The van der Waals surface area contributed by atoms with E-state index in [1.807, 2.05) is 54.6 Å². The highest BCUT2D eigenvalue weighted by molar-refractivity contribution is 7.80. The number of H-pyrrole nitrogens is 2. The molecule has 0 bridgehead atoms. The first kappa shape index (κ1) is 18.5. The van der Waals surface area contributed by atoms with Gasteiger partial charge in [-0.25, -0.2) is 0 Å². The number of hydrogen-bond donors (Lipinski definition) is 2. The molecule has 1 heterocycles. The molecule has 27 heavy (non-hydrogen) atoms. The van der Waals surface area contributed by atoms with E-state index in [2.05, 4.69) is 9.97 Å². The van der Waals surface area contributed by atoms with E-state index in [9.17, 15) is 9.59 Å². The number of benzene rings is 2. The highest BCUT2D eigenvalue weighted by Crippen LogP contribution is 2.06. The molecule has 0 aliphatic heterocycles. The molecule has 0 aliphatic carbocycles. The van der Waals surface area contributed by atoms with E-state index in [1.165, 1.54) is 0 Å². The maximum atomic E-state index is 12.3. The lowest BCUT2D eigenvalue weighted by molar-refractivity contribution is 0.298. The molecule has 5 nitrogen and oxygen atoms in total. The van der Waals surface area contributed by atoms with Gasteiger partial charge in [0.2, 0.25) is 0 Å². The minimum atomic E-state index is -0.361. The lowest BCUT2D eigenvalue weighted by Crippen LogP contribution is -2.46. The maximum Gasteiger partial charge on any atom is 0.272 e.